The van der Waals surface area contributed by atoms with Gasteiger partial charge in [-0.1, -0.05) is 6.08 Å². The van der Waals surface area contributed by atoms with Gasteiger partial charge in [0.05, 0.1) is 13.2 Å². The van der Waals surface area contributed by atoms with E-state index in [2.05, 4.69) is 32.6 Å². The molecule has 0 saturated carbocycles. The Balaban J connectivity index is 4.03. The van der Waals surface area contributed by atoms with Crippen LogP contribution in [0, 0.1) is 0 Å². The van der Waals surface area contributed by atoms with E-state index in [9.17, 15) is 9.59 Å². The van der Waals surface area contributed by atoms with E-state index in [0.717, 1.165) is 5.06 Å². The van der Waals surface area contributed by atoms with Gasteiger partial charge < -0.3 is 5.11 Å². The normalized spacial score (nSPS) is 12.3. The number of rotatable bonds is 12. The Hall–Kier alpha value is -1.44. The van der Waals surface area contributed by atoms with Gasteiger partial charge in [-0.05, 0) is 41.0 Å². The number of carbonyl (C=O) groups is 2. The average molecular weight is 316 g/mol. The van der Waals surface area contributed by atoms with Crippen molar-refractivity contribution in [3.05, 3.63) is 11.6 Å². The summed E-state index contributed by atoms with van der Waals surface area (Å²) in [7, 11) is 0. The van der Waals surface area contributed by atoms with Crippen molar-refractivity contribution in [3.8, 4) is 0 Å². The number of hydroxylamine groups is 2. The summed E-state index contributed by atoms with van der Waals surface area (Å²) in [6, 6.07) is 0.796. The highest BCUT2D eigenvalue weighted by molar-refractivity contribution is 5.85. The molecule has 0 aliphatic rings. The molecule has 22 heavy (non-hydrogen) atoms. The zero-order valence-electron chi connectivity index (χ0n) is 14.1. The van der Waals surface area contributed by atoms with Crippen molar-refractivity contribution in [3.63, 3.8) is 0 Å². The van der Waals surface area contributed by atoms with Crippen LogP contribution in [-0.4, -0.2) is 59.2 Å². The number of carbonyl (C=O) groups excluding carboxylic acids is 1. The van der Waals surface area contributed by atoms with Crippen molar-refractivity contribution in [1.82, 2.24) is 9.96 Å². The minimum absolute atomic E-state index is 0.228. The summed E-state index contributed by atoms with van der Waals surface area (Å²) < 4.78 is 0. The largest absolute Gasteiger partial charge is 0.478 e. The van der Waals surface area contributed by atoms with Crippen LogP contribution in [0.1, 0.15) is 41.0 Å². The molecular formula is C15H28N2O5. The van der Waals surface area contributed by atoms with E-state index in [4.69, 9.17) is 15.0 Å². The van der Waals surface area contributed by atoms with Crippen LogP contribution >= 0.6 is 0 Å². The highest BCUT2D eigenvalue weighted by atomic mass is 17.3. The molecule has 1 amide bonds. The predicted molar refractivity (Wildman–Crippen MR) is 82.8 cm³/mol. The van der Waals surface area contributed by atoms with Gasteiger partial charge in [0.2, 0.25) is 6.41 Å². The molecule has 0 saturated heterocycles. The molecule has 0 heterocycles. The third-order valence-electron chi connectivity index (χ3n) is 3.16. The van der Waals surface area contributed by atoms with Crippen LogP contribution in [0.25, 0.3) is 0 Å². The van der Waals surface area contributed by atoms with Crippen LogP contribution in [0.15, 0.2) is 11.6 Å². The first-order chi connectivity index (χ1) is 10.3. The fourth-order valence-corrected chi connectivity index (χ4v) is 1.96. The van der Waals surface area contributed by atoms with E-state index < -0.39 is 5.97 Å². The first-order valence-corrected chi connectivity index (χ1v) is 7.46. The minimum atomic E-state index is -0.975. The topological polar surface area (TPSA) is 79.3 Å². The molecule has 0 unspecified atom stereocenters. The average Bonchev–Trinajstić information content (AvgIpc) is 2.43. The molecule has 0 aliphatic carbocycles. The fraction of sp³-hybridized carbons (Fsp3) is 0.733. The summed E-state index contributed by atoms with van der Waals surface area (Å²) in [6.07, 6.45) is 2.42. The van der Waals surface area contributed by atoms with E-state index >= 15 is 0 Å². The minimum Gasteiger partial charge on any atom is -0.478 e. The van der Waals surface area contributed by atoms with Gasteiger partial charge in [-0.3, -0.25) is 9.69 Å². The molecule has 1 N–H and O–H groups in total. The molecule has 0 atom stereocenters. The van der Waals surface area contributed by atoms with Gasteiger partial charge in [-0.25, -0.2) is 9.68 Å². The summed E-state index contributed by atoms with van der Waals surface area (Å²) >= 11 is 0. The van der Waals surface area contributed by atoms with E-state index in [1.54, 1.807) is 0 Å². The lowest BCUT2D eigenvalue weighted by Crippen LogP contribution is -2.39. The van der Waals surface area contributed by atoms with Crippen LogP contribution in [0.2, 0.25) is 0 Å². The van der Waals surface area contributed by atoms with Gasteiger partial charge in [-0.15, -0.1) is 4.99 Å². The highest BCUT2D eigenvalue weighted by Crippen LogP contribution is 2.04. The quantitative estimate of drug-likeness (QED) is 0.195. The summed E-state index contributed by atoms with van der Waals surface area (Å²) in [5, 5.41) is 9.71. The van der Waals surface area contributed by atoms with Gasteiger partial charge in [0, 0.05) is 24.2 Å². The number of nitrogens with zero attached hydrogens (tertiary/aromatic N) is 2. The molecule has 0 rings (SSSR count). The number of carboxylic acids is 1. The summed E-state index contributed by atoms with van der Waals surface area (Å²) in [5.41, 5.74) is 0.233. The Bertz CT molecular complexity index is 361. The Morgan fingerprint density at radius 2 is 1.77 bits per heavy atom. The smallest absolute Gasteiger partial charge is 0.330 e. The number of aliphatic carboxylic acids is 1. The second-order valence-electron chi connectivity index (χ2n) is 5.55. The molecule has 0 fully saturated rings. The van der Waals surface area contributed by atoms with Crippen molar-refractivity contribution < 1.29 is 24.6 Å². The Morgan fingerprint density at radius 3 is 2.23 bits per heavy atom. The molecule has 0 bridgehead atoms. The van der Waals surface area contributed by atoms with Crippen LogP contribution < -0.4 is 0 Å². The van der Waals surface area contributed by atoms with Crippen LogP contribution in [-0.2, 0) is 19.5 Å². The fourth-order valence-electron chi connectivity index (χ4n) is 1.96. The maximum absolute atomic E-state index is 10.8. The van der Waals surface area contributed by atoms with E-state index in [1.807, 2.05) is 0 Å². The van der Waals surface area contributed by atoms with Crippen molar-refractivity contribution in [2.45, 2.75) is 53.1 Å². The third-order valence-corrected chi connectivity index (χ3v) is 3.16. The second kappa shape index (κ2) is 11.2. The van der Waals surface area contributed by atoms with Gasteiger partial charge in [0.25, 0.3) is 0 Å². The Labute approximate surface area is 132 Å². The zero-order chi connectivity index (χ0) is 17.1. The molecule has 0 aromatic heterocycles. The first-order valence-electron chi connectivity index (χ1n) is 7.46. The predicted octanol–water partition coefficient (Wildman–Crippen LogP) is 1.85. The molecular weight excluding hydrogens is 288 g/mol. The van der Waals surface area contributed by atoms with Crippen LogP contribution in [0.5, 0.6) is 0 Å². The number of hydrogen-bond donors (Lipinski definition) is 1. The van der Waals surface area contributed by atoms with E-state index in [0.29, 0.717) is 38.1 Å². The van der Waals surface area contributed by atoms with Crippen molar-refractivity contribution in [2.75, 3.05) is 19.7 Å². The Kier molecular flexibility index (Phi) is 10.4. The summed E-state index contributed by atoms with van der Waals surface area (Å²) in [4.78, 5) is 33.6. The monoisotopic (exact) mass is 316 g/mol. The van der Waals surface area contributed by atoms with Gasteiger partial charge in [0.1, 0.15) is 0 Å². The lowest BCUT2D eigenvalue weighted by Gasteiger charge is -2.30. The summed E-state index contributed by atoms with van der Waals surface area (Å²) in [5.74, 6) is -0.975. The lowest BCUT2D eigenvalue weighted by molar-refractivity contribution is -0.407. The van der Waals surface area contributed by atoms with Gasteiger partial charge in [0.15, 0.2) is 0 Å². The molecule has 0 aromatic carbocycles. The number of amides is 1. The van der Waals surface area contributed by atoms with Crippen molar-refractivity contribution in [1.29, 1.82) is 0 Å². The maximum Gasteiger partial charge on any atom is 0.330 e. The van der Waals surface area contributed by atoms with Crippen molar-refractivity contribution >= 4 is 12.4 Å². The maximum atomic E-state index is 10.8. The van der Waals surface area contributed by atoms with Gasteiger partial charge >= 0.3 is 5.97 Å². The molecule has 0 aromatic rings. The number of hydrogen-bond acceptors (Lipinski definition) is 5. The molecule has 128 valence electrons. The van der Waals surface area contributed by atoms with Crippen LogP contribution in [0.3, 0.4) is 0 Å². The molecule has 7 heteroatoms. The van der Waals surface area contributed by atoms with Crippen molar-refractivity contribution in [2.24, 2.45) is 0 Å². The molecule has 0 radical (unpaired) electrons. The zero-order valence-corrected chi connectivity index (χ0v) is 14.1. The van der Waals surface area contributed by atoms with Gasteiger partial charge in [-0.2, -0.15) is 5.06 Å². The lowest BCUT2D eigenvalue weighted by atomic mass is 10.2. The van der Waals surface area contributed by atoms with Crippen LogP contribution in [0.4, 0.5) is 0 Å². The molecule has 0 aliphatic heterocycles. The second-order valence-corrected chi connectivity index (χ2v) is 5.55. The standard InChI is InChI=1S/C15H28N2O5/c1-12(2)17(13(3)4)9-10-21-22-16(11-18)8-6-7-14(5)15(19)20/h7,11-13H,6,8-10H2,1-5H3,(H,19,20). The number of carboxylic acid groups (broad SMARTS) is 1. The third kappa shape index (κ3) is 8.76. The first kappa shape index (κ1) is 20.6. The summed E-state index contributed by atoms with van der Waals surface area (Å²) in [6.45, 7) is 11.2. The van der Waals surface area contributed by atoms with E-state index in [-0.39, 0.29) is 12.1 Å². The van der Waals surface area contributed by atoms with E-state index in [1.165, 1.54) is 13.0 Å². The molecule has 0 spiro atoms. The SMILES string of the molecule is CC(=CCCN(C=O)OOCCN(C(C)C)C(C)C)C(=O)O. The molecule has 7 nitrogen and oxygen atoms in total. The Morgan fingerprint density at radius 1 is 1.18 bits per heavy atom. The highest BCUT2D eigenvalue weighted by Gasteiger charge is 2.13.